The normalized spacial score (nSPS) is 17.1. The van der Waals surface area contributed by atoms with E-state index in [1.165, 1.54) is 0 Å². The Morgan fingerprint density at radius 1 is 1.39 bits per heavy atom. The van der Waals surface area contributed by atoms with Gasteiger partial charge in [-0.3, -0.25) is 4.79 Å². The van der Waals surface area contributed by atoms with Gasteiger partial charge >= 0.3 is 0 Å². The van der Waals surface area contributed by atoms with Gasteiger partial charge in [-0.1, -0.05) is 18.5 Å². The van der Waals surface area contributed by atoms with Gasteiger partial charge in [0.25, 0.3) is 5.91 Å². The number of carbonyl (C=O) groups excluding carboxylic acids is 1. The fourth-order valence-corrected chi connectivity index (χ4v) is 2.23. The van der Waals surface area contributed by atoms with E-state index in [1.54, 1.807) is 24.3 Å². The van der Waals surface area contributed by atoms with Gasteiger partial charge in [0, 0.05) is 29.1 Å². The maximum Gasteiger partial charge on any atom is 0.253 e. The molecular weight excluding hydrogens is 250 g/mol. The number of amides is 1. The second kappa shape index (κ2) is 5.29. The number of nitrogens with zero attached hydrogens (tertiary/aromatic N) is 1. The van der Waals surface area contributed by atoms with Gasteiger partial charge in [-0.15, -0.1) is 0 Å². The predicted molar refractivity (Wildman–Crippen MR) is 72.0 cm³/mol. The van der Waals surface area contributed by atoms with Crippen LogP contribution < -0.4 is 0 Å². The summed E-state index contributed by atoms with van der Waals surface area (Å²) in [6, 6.07) is 7.04. The van der Waals surface area contributed by atoms with Gasteiger partial charge in [-0.05, 0) is 31.2 Å². The third-order valence-corrected chi connectivity index (χ3v) is 3.49. The lowest BCUT2D eigenvalue weighted by Gasteiger charge is -2.41. The Bertz CT molecular complexity index is 426. The Kier molecular flexibility index (Phi) is 3.93. The average molecular weight is 268 g/mol. The Hall–Kier alpha value is -1.06. The molecule has 0 saturated carbocycles. The third-order valence-electron chi connectivity index (χ3n) is 3.23. The smallest absolute Gasteiger partial charge is 0.253 e. The fourth-order valence-electron chi connectivity index (χ4n) is 2.10. The molecule has 1 fully saturated rings. The van der Waals surface area contributed by atoms with Crippen molar-refractivity contribution < 1.29 is 9.53 Å². The zero-order valence-corrected chi connectivity index (χ0v) is 11.5. The van der Waals surface area contributed by atoms with Crippen LogP contribution in [0.1, 0.15) is 24.2 Å². The molecule has 98 valence electrons. The molecule has 0 aromatic heterocycles. The minimum Gasteiger partial charge on any atom is -0.380 e. The van der Waals surface area contributed by atoms with Crippen molar-refractivity contribution in [3.63, 3.8) is 0 Å². The van der Waals surface area contributed by atoms with Crippen molar-refractivity contribution in [1.82, 2.24) is 4.90 Å². The van der Waals surface area contributed by atoms with Crippen molar-refractivity contribution in [3.8, 4) is 0 Å². The molecule has 0 spiro atoms. The number of hydrogen-bond acceptors (Lipinski definition) is 2. The van der Waals surface area contributed by atoms with Crippen LogP contribution in [0.3, 0.4) is 0 Å². The highest BCUT2D eigenvalue weighted by atomic mass is 35.5. The molecule has 4 heteroatoms. The largest absolute Gasteiger partial charge is 0.380 e. The summed E-state index contributed by atoms with van der Waals surface area (Å²) >= 11 is 5.83. The molecule has 3 nitrogen and oxygen atoms in total. The van der Waals surface area contributed by atoms with E-state index in [4.69, 9.17) is 16.3 Å². The minimum atomic E-state index is 0.0577. The van der Waals surface area contributed by atoms with E-state index in [2.05, 4.69) is 6.92 Å². The van der Waals surface area contributed by atoms with E-state index in [-0.39, 0.29) is 11.3 Å². The lowest BCUT2D eigenvalue weighted by molar-refractivity contribution is -0.110. The van der Waals surface area contributed by atoms with E-state index in [0.717, 1.165) is 19.8 Å². The molecule has 0 aliphatic carbocycles. The van der Waals surface area contributed by atoms with Crippen LogP contribution >= 0.6 is 11.6 Å². The molecule has 1 aliphatic rings. The number of benzene rings is 1. The first-order valence-electron chi connectivity index (χ1n) is 6.17. The second-order valence-corrected chi connectivity index (χ2v) is 5.57. The van der Waals surface area contributed by atoms with Gasteiger partial charge in [0.15, 0.2) is 0 Å². The first-order valence-corrected chi connectivity index (χ1v) is 6.54. The molecule has 2 rings (SSSR count). The first-order chi connectivity index (χ1) is 8.54. The van der Waals surface area contributed by atoms with Gasteiger partial charge in [0.05, 0.1) is 13.2 Å². The monoisotopic (exact) mass is 267 g/mol. The topological polar surface area (TPSA) is 29.5 Å². The Labute approximate surface area is 113 Å². The van der Waals surface area contributed by atoms with Crippen molar-refractivity contribution >= 4 is 17.5 Å². The summed E-state index contributed by atoms with van der Waals surface area (Å²) in [5.41, 5.74) is 0.794. The van der Waals surface area contributed by atoms with Crippen molar-refractivity contribution in [1.29, 1.82) is 0 Å². The number of carbonyl (C=O) groups is 1. The highest BCUT2D eigenvalue weighted by molar-refractivity contribution is 6.30. The summed E-state index contributed by atoms with van der Waals surface area (Å²) in [5.74, 6) is 0.0577. The fraction of sp³-hybridized carbons (Fsp3) is 0.500. The van der Waals surface area contributed by atoms with Crippen LogP contribution in [0.4, 0.5) is 0 Å². The van der Waals surface area contributed by atoms with Crippen LogP contribution in [0.5, 0.6) is 0 Å². The number of halogens is 1. The lowest BCUT2D eigenvalue weighted by Crippen LogP contribution is -2.50. The summed E-state index contributed by atoms with van der Waals surface area (Å²) in [4.78, 5) is 14.2. The summed E-state index contributed by atoms with van der Waals surface area (Å²) in [6.45, 7) is 7.06. The molecule has 1 aromatic carbocycles. The van der Waals surface area contributed by atoms with Gasteiger partial charge in [0.2, 0.25) is 0 Å². The maximum atomic E-state index is 12.3. The molecule has 0 bridgehead atoms. The number of ether oxygens (including phenoxy) is 1. The quantitative estimate of drug-likeness (QED) is 0.840. The third kappa shape index (κ3) is 2.85. The van der Waals surface area contributed by atoms with Gasteiger partial charge in [0.1, 0.15) is 0 Å². The zero-order chi connectivity index (χ0) is 13.2. The SMILES string of the molecule is CCN(CC1(C)COC1)C(=O)c1ccc(Cl)cc1. The molecular formula is C14H18ClNO2. The van der Waals surface area contributed by atoms with E-state index in [1.807, 2.05) is 11.8 Å². The summed E-state index contributed by atoms with van der Waals surface area (Å²) < 4.78 is 5.23. The lowest BCUT2D eigenvalue weighted by atomic mass is 9.88. The van der Waals surface area contributed by atoms with Crippen LogP contribution in [0.15, 0.2) is 24.3 Å². The minimum absolute atomic E-state index is 0.0577. The van der Waals surface area contributed by atoms with E-state index >= 15 is 0 Å². The van der Waals surface area contributed by atoms with Crippen LogP contribution in [0.25, 0.3) is 0 Å². The van der Waals surface area contributed by atoms with E-state index in [9.17, 15) is 4.79 Å². The van der Waals surface area contributed by atoms with Crippen molar-refractivity contribution in [2.24, 2.45) is 5.41 Å². The summed E-state index contributed by atoms with van der Waals surface area (Å²) in [5, 5.41) is 0.647. The molecule has 1 heterocycles. The predicted octanol–water partition coefficient (Wildman–Crippen LogP) is 2.84. The van der Waals surface area contributed by atoms with Crippen LogP contribution in [-0.4, -0.2) is 37.1 Å². The molecule has 1 saturated heterocycles. The highest BCUT2D eigenvalue weighted by Crippen LogP contribution is 2.28. The summed E-state index contributed by atoms with van der Waals surface area (Å²) in [6.07, 6.45) is 0. The molecule has 18 heavy (non-hydrogen) atoms. The Morgan fingerprint density at radius 2 is 2.00 bits per heavy atom. The number of hydrogen-bond donors (Lipinski definition) is 0. The van der Waals surface area contributed by atoms with Gasteiger partial charge < -0.3 is 9.64 Å². The van der Waals surface area contributed by atoms with Crippen LogP contribution in [-0.2, 0) is 4.74 Å². The molecule has 0 unspecified atom stereocenters. The van der Waals surface area contributed by atoms with Crippen molar-refractivity contribution in [2.45, 2.75) is 13.8 Å². The second-order valence-electron chi connectivity index (χ2n) is 5.13. The van der Waals surface area contributed by atoms with E-state index < -0.39 is 0 Å². The Morgan fingerprint density at radius 3 is 2.44 bits per heavy atom. The average Bonchev–Trinajstić information content (AvgIpc) is 2.34. The summed E-state index contributed by atoms with van der Waals surface area (Å²) in [7, 11) is 0. The molecule has 1 aliphatic heterocycles. The molecule has 0 atom stereocenters. The molecule has 0 N–H and O–H groups in total. The van der Waals surface area contributed by atoms with Gasteiger partial charge in [-0.25, -0.2) is 0 Å². The highest BCUT2D eigenvalue weighted by Gasteiger charge is 2.36. The maximum absolute atomic E-state index is 12.3. The zero-order valence-electron chi connectivity index (χ0n) is 10.8. The van der Waals surface area contributed by atoms with Crippen LogP contribution in [0, 0.1) is 5.41 Å². The molecule has 0 radical (unpaired) electrons. The van der Waals surface area contributed by atoms with Crippen molar-refractivity contribution in [2.75, 3.05) is 26.3 Å². The number of rotatable bonds is 4. The molecule has 1 amide bonds. The van der Waals surface area contributed by atoms with Crippen molar-refractivity contribution in [3.05, 3.63) is 34.9 Å². The standard InChI is InChI=1S/C14H18ClNO2/c1-3-16(8-14(2)9-18-10-14)13(17)11-4-6-12(15)7-5-11/h4-7H,3,8-10H2,1-2H3. The first kappa shape index (κ1) is 13.4. The van der Waals surface area contributed by atoms with E-state index in [0.29, 0.717) is 17.1 Å². The molecule has 1 aromatic rings. The van der Waals surface area contributed by atoms with Gasteiger partial charge in [-0.2, -0.15) is 0 Å². The Balaban J connectivity index is 2.07. The van der Waals surface area contributed by atoms with Crippen LogP contribution in [0.2, 0.25) is 5.02 Å².